The number of aliphatic hydroxyl groups excluding tert-OH is 19. The second-order valence-electron chi connectivity index (χ2n) is 36.7. The highest BCUT2D eigenvalue weighted by Crippen LogP contribution is 2.45. The van der Waals surface area contributed by atoms with Gasteiger partial charge in [-0.3, -0.25) is 14.4 Å². The van der Waals surface area contributed by atoms with Gasteiger partial charge in [0.25, 0.3) is 11.6 Å². The summed E-state index contributed by atoms with van der Waals surface area (Å²) in [6.45, 7) is -0.524. The minimum atomic E-state index is -3.48. The van der Waals surface area contributed by atoms with Crippen LogP contribution in [0.4, 0.5) is 0 Å². The number of carbonyl (C=O) groups is 6. The number of carbonyl (C=O) groups excluding carboxylic acids is 4. The number of nitrogens with one attached hydrogen (secondary N) is 3. The minimum Gasteiger partial charge on any atom is -0.477 e. The van der Waals surface area contributed by atoms with Crippen LogP contribution in [0.5, 0.6) is 0 Å². The third kappa shape index (κ3) is 35.9. The number of aliphatic hydroxyl groups is 19. The average molecular weight is 1920 g/mol. The van der Waals surface area contributed by atoms with E-state index in [4.69, 9.17) is 56.8 Å². The standard InChI is InChI=1S/C91H161N3O39/c1-6-8-10-12-14-16-18-20-21-22-23-24-25-26-27-29-31-33-35-37-39-41-66(109)94-56(57(104)40-38-36-34-32-30-28-19-17-15-13-11-9-7-2)51-122-85-74(115)73(114)78(64(49-99)125-85)128-87-76(117)83(133-91(89(120)121)44-59(106)68(93-54(5)103)81(131-91)70(111)61(108)46-96)79(65(50-100)126-87)129-84-55(42-52(3)101)77(71(112)62(47-97)123-84)127-86-75(116)82(72(113)63(48-98)124-86)132-90(88(118)119)43-58(105)67(92-53(4)102)80(130-90)69(110)60(107)45-95/h20-21,55-65,67-87,95-100,104-108,110-117H,6-19,22-51H2,1-5H3,(H,92,102)(H,93,103)(H,94,109)(H,118,119)(H,120,121). The Bertz CT molecular complexity index is 3310. The number of ether oxygens (including phenoxy) is 12. The highest BCUT2D eigenvalue weighted by molar-refractivity contribution is 5.78. The van der Waals surface area contributed by atoms with Crippen molar-refractivity contribution in [1.29, 1.82) is 0 Å². The Hall–Kier alpha value is -4.48. The molecule has 6 saturated heterocycles. The molecule has 0 aromatic carbocycles. The van der Waals surface area contributed by atoms with Gasteiger partial charge in [-0.25, -0.2) is 9.59 Å². The first-order valence-corrected chi connectivity index (χ1v) is 48.4. The zero-order chi connectivity index (χ0) is 98.1. The summed E-state index contributed by atoms with van der Waals surface area (Å²) in [6.07, 6.45) is -24.6. The Kier molecular flexibility index (Phi) is 54.0. The normalized spacial score (nSPS) is 34.1. The summed E-state index contributed by atoms with van der Waals surface area (Å²) in [7, 11) is 0. The van der Waals surface area contributed by atoms with E-state index in [-0.39, 0.29) is 18.7 Å². The number of aliphatic carboxylic acids is 2. The molecule has 6 heterocycles. The van der Waals surface area contributed by atoms with Crippen molar-refractivity contribution < 1.29 is 193 Å². The first-order chi connectivity index (χ1) is 63.6. The third-order valence-electron chi connectivity index (χ3n) is 25.9. The predicted octanol–water partition coefficient (Wildman–Crippen LogP) is -0.437. The van der Waals surface area contributed by atoms with E-state index in [9.17, 15) is 136 Å². The maximum Gasteiger partial charge on any atom is 0.364 e. The van der Waals surface area contributed by atoms with Gasteiger partial charge >= 0.3 is 11.9 Å². The van der Waals surface area contributed by atoms with Crippen LogP contribution in [-0.4, -0.2) is 390 Å². The van der Waals surface area contributed by atoms with E-state index in [1.807, 2.05) is 0 Å². The molecule has 0 bridgehead atoms. The number of hydrogen-bond acceptors (Lipinski definition) is 37. The van der Waals surface area contributed by atoms with E-state index >= 15 is 0 Å². The molecule has 0 aromatic heterocycles. The molecule has 6 aliphatic heterocycles. The lowest BCUT2D eigenvalue weighted by Gasteiger charge is -2.53. The van der Waals surface area contributed by atoms with Crippen molar-refractivity contribution in [3.63, 3.8) is 0 Å². The van der Waals surface area contributed by atoms with Gasteiger partial charge in [0.15, 0.2) is 25.2 Å². The first kappa shape index (κ1) is 117. The van der Waals surface area contributed by atoms with Crippen LogP contribution in [0.15, 0.2) is 12.2 Å². The van der Waals surface area contributed by atoms with Gasteiger partial charge in [-0.15, -0.1) is 0 Å². The van der Waals surface area contributed by atoms with Crippen molar-refractivity contribution in [3.8, 4) is 0 Å². The van der Waals surface area contributed by atoms with Gasteiger partial charge in [-0.2, -0.15) is 0 Å². The fourth-order valence-corrected chi connectivity index (χ4v) is 18.2. The highest BCUT2D eigenvalue weighted by Gasteiger charge is 2.64. The molecule has 6 aliphatic rings. The molecule has 24 N–H and O–H groups in total. The van der Waals surface area contributed by atoms with Crippen molar-refractivity contribution in [2.45, 2.75) is 474 Å². The fraction of sp³-hybridized carbons (Fsp3) is 0.912. The molecular weight excluding hydrogens is 1760 g/mol. The van der Waals surface area contributed by atoms with Gasteiger partial charge in [-0.1, -0.05) is 199 Å². The molecule has 42 heteroatoms. The van der Waals surface area contributed by atoms with Gasteiger partial charge in [0, 0.05) is 45.4 Å². The monoisotopic (exact) mass is 1920 g/mol. The topological polar surface area (TPSA) is 674 Å². The number of unbranched alkanes of at least 4 members (excludes halogenated alkanes) is 29. The Morgan fingerprint density at radius 3 is 1.20 bits per heavy atom. The van der Waals surface area contributed by atoms with Crippen molar-refractivity contribution in [3.05, 3.63) is 12.2 Å². The van der Waals surface area contributed by atoms with Gasteiger partial charge in [0.05, 0.1) is 88.8 Å². The molecule has 0 aromatic rings. The predicted molar refractivity (Wildman–Crippen MR) is 469 cm³/mol. The Morgan fingerprint density at radius 1 is 0.406 bits per heavy atom. The Balaban J connectivity index is 1.25. The molecule has 0 radical (unpaired) electrons. The molecule has 0 spiro atoms. The number of rotatable bonds is 66. The summed E-state index contributed by atoms with van der Waals surface area (Å²) in [4.78, 5) is 79.9. The van der Waals surface area contributed by atoms with Crippen LogP contribution in [0.3, 0.4) is 0 Å². The lowest BCUT2D eigenvalue weighted by atomic mass is 9.86. The summed E-state index contributed by atoms with van der Waals surface area (Å²) in [6, 6.07) is -4.69. The molecule has 3 amide bonds. The summed E-state index contributed by atoms with van der Waals surface area (Å²) in [5, 5.41) is 246. The van der Waals surface area contributed by atoms with Crippen LogP contribution < -0.4 is 16.0 Å². The Labute approximate surface area is 779 Å². The molecule has 133 heavy (non-hydrogen) atoms. The minimum absolute atomic E-state index is 0.118. The molecule has 42 nitrogen and oxygen atoms in total. The van der Waals surface area contributed by atoms with Crippen LogP contribution in [0, 0.1) is 5.92 Å². The molecule has 0 saturated carbocycles. The van der Waals surface area contributed by atoms with Crippen LogP contribution in [0.1, 0.15) is 272 Å². The van der Waals surface area contributed by atoms with Crippen LogP contribution in [-0.2, 0) is 85.6 Å². The second-order valence-corrected chi connectivity index (χ2v) is 36.7. The van der Waals surface area contributed by atoms with E-state index in [0.717, 1.165) is 97.8 Å². The average Bonchev–Trinajstić information content (AvgIpc) is 0.752. The number of carboxylic acids is 2. The number of hydrogen-bond donors (Lipinski definition) is 24. The molecule has 6 fully saturated rings. The maximum atomic E-state index is 14.1. The number of Topliss-reactive ketones (excluding diaryl/α,β-unsaturated/α-hetero) is 1. The summed E-state index contributed by atoms with van der Waals surface area (Å²) in [5.74, 6) is -16.0. The zero-order valence-electron chi connectivity index (χ0n) is 78.0. The summed E-state index contributed by atoms with van der Waals surface area (Å²) >= 11 is 0. The zero-order valence-corrected chi connectivity index (χ0v) is 78.0. The molecule has 0 aliphatic carbocycles. The van der Waals surface area contributed by atoms with Gasteiger partial charge in [0.2, 0.25) is 17.7 Å². The number of carboxylic acid groups (broad SMARTS) is 2. The van der Waals surface area contributed by atoms with Crippen molar-refractivity contribution >= 4 is 35.4 Å². The van der Waals surface area contributed by atoms with E-state index in [2.05, 4.69) is 41.9 Å². The molecular formula is C91H161N3O39. The van der Waals surface area contributed by atoms with Crippen LogP contribution in [0.2, 0.25) is 0 Å². The lowest BCUT2D eigenvalue weighted by molar-refractivity contribution is -0.408. The largest absolute Gasteiger partial charge is 0.477 e. The van der Waals surface area contributed by atoms with Crippen molar-refractivity contribution in [2.75, 3.05) is 46.2 Å². The van der Waals surface area contributed by atoms with Gasteiger partial charge < -0.3 is 185 Å². The van der Waals surface area contributed by atoms with Crippen molar-refractivity contribution in [2.24, 2.45) is 5.92 Å². The summed E-state index contributed by atoms with van der Waals surface area (Å²) < 4.78 is 72.9. The number of allylic oxidation sites excluding steroid dienone is 2. The third-order valence-corrected chi connectivity index (χ3v) is 25.9. The molecule has 6 rings (SSSR count). The van der Waals surface area contributed by atoms with E-state index in [0.29, 0.717) is 12.8 Å². The van der Waals surface area contributed by atoms with E-state index in [1.54, 1.807) is 0 Å². The SMILES string of the molecule is CCCCCCCCC=CCCCCCCCCCCCCCC(=O)NC(COC1OC(CO)C(OC2OC(CO)C(OC3OC(CO)C(O)C(OC4OC(CO)C(O)C(OC5(C(=O)O)CC(O)C(NC(C)=O)C(C(O)C(O)CO)O5)C4O)C3CC(C)=O)C(OC3(C(=O)O)CC(O)C(NC(C)=O)C(C(O)C(O)CO)O3)C2O)C(O)C1O)C(O)CCCCCCCCCCCCCCC. The van der Waals surface area contributed by atoms with E-state index in [1.165, 1.54) is 116 Å². The first-order valence-electron chi connectivity index (χ1n) is 48.4. The number of amides is 3. The van der Waals surface area contributed by atoms with Crippen LogP contribution >= 0.6 is 0 Å². The van der Waals surface area contributed by atoms with Gasteiger partial charge in [0.1, 0.15) is 128 Å². The van der Waals surface area contributed by atoms with Crippen LogP contribution in [0.25, 0.3) is 0 Å². The second kappa shape index (κ2) is 61.3. The van der Waals surface area contributed by atoms with Gasteiger partial charge in [-0.05, 0) is 45.4 Å². The van der Waals surface area contributed by atoms with Crippen molar-refractivity contribution in [1.82, 2.24) is 16.0 Å². The summed E-state index contributed by atoms with van der Waals surface area (Å²) in [5.41, 5.74) is 0. The fourth-order valence-electron chi connectivity index (χ4n) is 18.2. The molecule has 34 atom stereocenters. The van der Waals surface area contributed by atoms with E-state index < -0.39 is 302 Å². The number of ketones is 1. The lowest BCUT2D eigenvalue weighted by Crippen LogP contribution is -2.71. The Morgan fingerprint density at radius 2 is 0.774 bits per heavy atom. The maximum absolute atomic E-state index is 14.1. The quantitative estimate of drug-likeness (QED) is 0.0271. The molecule has 774 valence electrons. The molecule has 34 unspecified atom stereocenters. The smallest absolute Gasteiger partial charge is 0.364 e. The highest BCUT2D eigenvalue weighted by atomic mass is 16.8.